The van der Waals surface area contributed by atoms with Gasteiger partial charge >= 0.3 is 8.25 Å². The van der Waals surface area contributed by atoms with Crippen LogP contribution in [0.15, 0.2) is 12.1 Å². The van der Waals surface area contributed by atoms with Gasteiger partial charge in [0.25, 0.3) is 0 Å². The molecule has 234 valence electrons. The van der Waals surface area contributed by atoms with E-state index in [2.05, 4.69) is 96.9 Å². The quantitative estimate of drug-likeness (QED) is 0.224. The Morgan fingerprint density at radius 2 is 0.902 bits per heavy atom. The minimum atomic E-state index is -2.40. The van der Waals surface area contributed by atoms with Gasteiger partial charge in [-0.1, -0.05) is 96.9 Å². The summed E-state index contributed by atoms with van der Waals surface area (Å²) >= 11 is 0. The van der Waals surface area contributed by atoms with Crippen LogP contribution < -0.4 is 0 Å². The number of hydrogen-bond donors (Lipinski definition) is 2. The predicted octanol–water partition coefficient (Wildman–Crippen LogP) is 9.80. The number of phenolic OH excluding ortho intramolecular Hbond substituents is 2. The van der Waals surface area contributed by atoms with Gasteiger partial charge in [-0.25, -0.2) is 0 Å². The maximum atomic E-state index is 13.1. The van der Waals surface area contributed by atoms with E-state index in [9.17, 15) is 14.8 Å². The van der Waals surface area contributed by atoms with Crippen molar-refractivity contribution in [2.24, 2.45) is 0 Å². The minimum Gasteiger partial charge on any atom is -0.507 e. The van der Waals surface area contributed by atoms with Gasteiger partial charge in [-0.2, -0.15) is 0 Å². The Morgan fingerprint density at radius 3 is 1.12 bits per heavy atom. The summed E-state index contributed by atoms with van der Waals surface area (Å²) < 4.78 is 24.7. The van der Waals surface area contributed by atoms with Crippen molar-refractivity contribution in [3.8, 4) is 11.5 Å². The molecule has 0 fully saturated rings. The second-order valence-corrected chi connectivity index (χ2v) is 16.0. The maximum absolute atomic E-state index is 13.1. The summed E-state index contributed by atoms with van der Waals surface area (Å²) in [7, 11) is -2.40. The first kappa shape index (κ1) is 37.6. The Kier molecular flexibility index (Phi) is 12.3. The fourth-order valence-corrected chi connectivity index (χ4v) is 6.21. The molecule has 0 aliphatic carbocycles. The third-order valence-electron chi connectivity index (χ3n) is 7.47. The van der Waals surface area contributed by atoms with E-state index in [0.717, 1.165) is 57.3 Å². The first-order valence-corrected chi connectivity index (χ1v) is 15.7. The molecule has 0 heterocycles. The molecule has 2 aromatic rings. The fraction of sp³-hybridized carbons (Fsp3) is 0.647. The van der Waals surface area contributed by atoms with Crippen molar-refractivity contribution in [1.82, 2.24) is 0 Å². The van der Waals surface area contributed by atoms with Crippen molar-refractivity contribution in [1.29, 1.82) is 0 Å². The number of aromatic hydroxyl groups is 2. The van der Waals surface area contributed by atoms with E-state index in [1.807, 2.05) is 12.1 Å². The zero-order chi connectivity index (χ0) is 31.0. The van der Waals surface area contributed by atoms with Crippen molar-refractivity contribution in [3.63, 3.8) is 0 Å². The van der Waals surface area contributed by atoms with E-state index in [1.165, 1.54) is 0 Å². The Labute approximate surface area is 260 Å². The van der Waals surface area contributed by atoms with Gasteiger partial charge in [-0.3, -0.25) is 0 Å². The first-order valence-electron chi connectivity index (χ1n) is 14.6. The fourth-order valence-electron chi connectivity index (χ4n) is 5.64. The van der Waals surface area contributed by atoms with Gasteiger partial charge in [0.2, 0.25) is 0 Å². The van der Waals surface area contributed by atoms with Crippen LogP contribution in [0.1, 0.15) is 141 Å². The molecule has 7 heteroatoms. The average Bonchev–Trinajstić information content (AvgIpc) is 2.78. The Hall–Kier alpha value is -1.45. The van der Waals surface area contributed by atoms with Gasteiger partial charge in [-0.05, 0) is 80.0 Å². The van der Waals surface area contributed by atoms with Gasteiger partial charge in [0, 0.05) is 32.2 Å². The molecular formula is C34H54NiO5P+. The largest absolute Gasteiger partial charge is 0.698 e. The molecule has 2 N–H and O–H groups in total. The van der Waals surface area contributed by atoms with Crippen LogP contribution in [-0.2, 0) is 77.8 Å². The Balaban J connectivity index is 0.00000840. The molecule has 0 aliphatic rings. The second-order valence-electron chi connectivity index (χ2n) is 15.0. The summed E-state index contributed by atoms with van der Waals surface area (Å²) in [6.45, 7) is 29.5. The molecule has 0 aromatic heterocycles. The van der Waals surface area contributed by atoms with E-state index in [4.69, 9.17) is 9.05 Å². The maximum Gasteiger partial charge on any atom is 0.698 e. The van der Waals surface area contributed by atoms with E-state index in [1.54, 1.807) is 0 Å². The zero-order valence-corrected chi connectivity index (χ0v) is 29.7. The van der Waals surface area contributed by atoms with Crippen LogP contribution in [0.2, 0.25) is 0 Å². The minimum absolute atomic E-state index is 0. The van der Waals surface area contributed by atoms with Crippen LogP contribution in [0, 0.1) is 0 Å². The molecule has 0 amide bonds. The molecule has 0 radical (unpaired) electrons. The zero-order valence-electron chi connectivity index (χ0n) is 27.9. The summed E-state index contributed by atoms with van der Waals surface area (Å²) in [5.74, 6) is 0.676. The molecule has 0 aliphatic heterocycles. The monoisotopic (exact) mass is 631 g/mol. The average molecular weight is 632 g/mol. The summed E-state index contributed by atoms with van der Waals surface area (Å²) in [6, 6.07) is 3.99. The third-order valence-corrected chi connectivity index (χ3v) is 8.15. The topological polar surface area (TPSA) is 76.0 Å². The van der Waals surface area contributed by atoms with Gasteiger partial charge < -0.3 is 10.2 Å². The summed E-state index contributed by atoms with van der Waals surface area (Å²) in [4.78, 5) is 0. The van der Waals surface area contributed by atoms with Crippen molar-refractivity contribution in [2.75, 3.05) is 0 Å². The van der Waals surface area contributed by atoms with E-state index >= 15 is 0 Å². The number of hydrogen-bond acceptors (Lipinski definition) is 5. The van der Waals surface area contributed by atoms with E-state index in [-0.39, 0.29) is 51.4 Å². The first-order chi connectivity index (χ1) is 18.1. The van der Waals surface area contributed by atoms with E-state index in [0.29, 0.717) is 11.5 Å². The molecule has 0 saturated heterocycles. The van der Waals surface area contributed by atoms with Crippen LogP contribution in [0.25, 0.3) is 0 Å². The van der Waals surface area contributed by atoms with Crippen LogP contribution >= 0.6 is 8.25 Å². The molecule has 2 aromatic carbocycles. The molecule has 2 rings (SSSR count). The normalized spacial score (nSPS) is 12.8. The third kappa shape index (κ3) is 8.79. The van der Waals surface area contributed by atoms with Crippen LogP contribution in [0.5, 0.6) is 11.5 Å². The second kappa shape index (κ2) is 13.5. The smallest absolute Gasteiger partial charge is 0.507 e. The van der Waals surface area contributed by atoms with Crippen LogP contribution in [0.3, 0.4) is 0 Å². The summed E-state index contributed by atoms with van der Waals surface area (Å²) in [5, 5.41) is 22.5. The van der Waals surface area contributed by atoms with Crippen LogP contribution in [-0.4, -0.2) is 10.2 Å². The predicted molar refractivity (Wildman–Crippen MR) is 167 cm³/mol. The molecule has 0 saturated carbocycles. The summed E-state index contributed by atoms with van der Waals surface area (Å²) in [5.41, 5.74) is 6.36. The molecular weight excluding hydrogens is 578 g/mol. The van der Waals surface area contributed by atoms with Crippen molar-refractivity contribution in [3.05, 3.63) is 56.6 Å². The van der Waals surface area contributed by atoms with E-state index < -0.39 is 8.25 Å². The van der Waals surface area contributed by atoms with Gasteiger partial charge in [0.15, 0.2) is 0 Å². The summed E-state index contributed by atoms with van der Waals surface area (Å²) in [6.07, 6.45) is 1.44. The molecule has 5 nitrogen and oxygen atoms in total. The van der Waals surface area contributed by atoms with Crippen molar-refractivity contribution in [2.45, 2.75) is 145 Å². The standard InChI is InChI=1S/C34H53O5P.Ni/c1-15-23-21(17-25(31(3,4)5)29(35)27(23)33(9,10)11)19-38-40(37)39-20-22-18-26(32(6,7)8)30(36)28(24(22)16-2)34(12,13)14;/h17-18H,15-16,19-20H2,1-14H3,(H-,35,36);/p+1. The van der Waals surface area contributed by atoms with Gasteiger partial charge in [-0.15, -0.1) is 9.05 Å². The molecule has 0 unspecified atom stereocenters. The molecule has 0 bridgehead atoms. The number of rotatable bonds is 8. The van der Waals surface area contributed by atoms with Gasteiger partial charge in [0.05, 0.1) is 0 Å². The number of phenols is 2. The van der Waals surface area contributed by atoms with Crippen molar-refractivity contribution >= 4 is 8.25 Å². The number of benzene rings is 2. The Morgan fingerprint density at radius 1 is 0.610 bits per heavy atom. The van der Waals surface area contributed by atoms with Crippen LogP contribution in [0.4, 0.5) is 0 Å². The SMILES string of the molecule is CCc1c(CO[P+](=O)OCc2cc(C(C)(C)C)c(O)c(C(C)(C)C)c2CC)cc(C(C)(C)C)c(O)c1C(C)(C)C.[Ni]. The Bertz CT molecular complexity index is 1140. The molecule has 41 heavy (non-hydrogen) atoms. The molecule has 0 atom stereocenters. The van der Waals surface area contributed by atoms with Crippen molar-refractivity contribution < 1.29 is 40.3 Å². The van der Waals surface area contributed by atoms with Gasteiger partial charge in [0.1, 0.15) is 24.7 Å². The molecule has 0 spiro atoms.